The SMILES string of the molecule is COC(=O)CCCCCCC(CCCC(COc1ccc(F)cc1)OCc1ccccc1)(C(=O)OC)S(C)(=O)=O. The Bertz CT molecular complexity index is 1140. The summed E-state index contributed by atoms with van der Waals surface area (Å²) in [6.45, 7) is 0.501. The lowest BCUT2D eigenvalue weighted by atomic mass is 9.93. The third-order valence-electron chi connectivity index (χ3n) is 6.89. The maximum Gasteiger partial charge on any atom is 0.327 e. The number of benzene rings is 2. The highest BCUT2D eigenvalue weighted by Crippen LogP contribution is 2.32. The molecule has 0 radical (unpaired) electrons. The Hall–Kier alpha value is -2.98. The second-order valence-electron chi connectivity index (χ2n) is 9.82. The van der Waals surface area contributed by atoms with Crippen LogP contribution in [0.5, 0.6) is 5.75 Å². The average molecular weight is 581 g/mol. The van der Waals surface area contributed by atoms with Crippen LogP contribution < -0.4 is 4.74 Å². The Morgan fingerprint density at radius 2 is 1.52 bits per heavy atom. The first-order chi connectivity index (χ1) is 19.1. The summed E-state index contributed by atoms with van der Waals surface area (Å²) in [6.07, 6.45) is 4.47. The zero-order valence-electron chi connectivity index (χ0n) is 23.6. The van der Waals surface area contributed by atoms with Crippen LogP contribution in [0.25, 0.3) is 0 Å². The van der Waals surface area contributed by atoms with E-state index in [1.807, 2.05) is 30.3 Å². The third-order valence-corrected chi connectivity index (χ3v) is 8.89. The molecule has 0 amide bonds. The molecule has 2 aromatic carbocycles. The predicted octanol–water partition coefficient (Wildman–Crippen LogP) is 5.43. The van der Waals surface area contributed by atoms with Gasteiger partial charge in [0.15, 0.2) is 14.6 Å². The first kappa shape index (κ1) is 33.2. The minimum absolute atomic E-state index is 0.0718. The van der Waals surface area contributed by atoms with Crippen molar-refractivity contribution in [3.05, 3.63) is 66.0 Å². The molecule has 0 aliphatic carbocycles. The highest BCUT2D eigenvalue weighted by Gasteiger charge is 2.48. The lowest BCUT2D eigenvalue weighted by molar-refractivity contribution is -0.144. The summed E-state index contributed by atoms with van der Waals surface area (Å²) in [7, 11) is -1.28. The molecule has 2 unspecified atom stereocenters. The Morgan fingerprint density at radius 1 is 0.875 bits per heavy atom. The van der Waals surface area contributed by atoms with Gasteiger partial charge in [-0.05, 0) is 61.9 Å². The van der Waals surface area contributed by atoms with Crippen LogP contribution >= 0.6 is 0 Å². The number of hydrogen-bond acceptors (Lipinski definition) is 8. The summed E-state index contributed by atoms with van der Waals surface area (Å²) in [6, 6.07) is 15.3. The van der Waals surface area contributed by atoms with Crippen molar-refractivity contribution >= 4 is 21.8 Å². The maximum absolute atomic E-state index is 13.3. The summed E-state index contributed by atoms with van der Waals surface area (Å²) in [5.74, 6) is -0.934. The third kappa shape index (κ3) is 10.9. The number of hydrogen-bond donors (Lipinski definition) is 0. The van der Waals surface area contributed by atoms with Gasteiger partial charge >= 0.3 is 11.9 Å². The summed E-state index contributed by atoms with van der Waals surface area (Å²) in [5, 5.41) is 0. The largest absolute Gasteiger partial charge is 0.491 e. The molecule has 2 atom stereocenters. The number of carbonyl (C=O) groups is 2. The van der Waals surface area contributed by atoms with Gasteiger partial charge in [0.1, 0.15) is 18.2 Å². The number of sulfone groups is 1. The maximum atomic E-state index is 13.3. The van der Waals surface area contributed by atoms with Gasteiger partial charge in [-0.15, -0.1) is 0 Å². The van der Waals surface area contributed by atoms with Crippen molar-refractivity contribution in [2.75, 3.05) is 27.1 Å². The highest BCUT2D eigenvalue weighted by molar-refractivity contribution is 7.92. The van der Waals surface area contributed by atoms with Gasteiger partial charge in [-0.1, -0.05) is 49.6 Å². The molecule has 0 aliphatic heterocycles. The fourth-order valence-corrected chi connectivity index (χ4v) is 5.93. The summed E-state index contributed by atoms with van der Waals surface area (Å²) in [4.78, 5) is 24.2. The molecule has 0 saturated carbocycles. The number of carbonyl (C=O) groups excluding carboxylic acids is 2. The molecule has 8 nitrogen and oxygen atoms in total. The highest BCUT2D eigenvalue weighted by atomic mass is 32.2. The van der Waals surface area contributed by atoms with E-state index in [9.17, 15) is 22.4 Å². The molecular formula is C30H41FO8S. The Labute approximate surface area is 237 Å². The summed E-state index contributed by atoms with van der Waals surface area (Å²) < 4.78 is 59.1. The minimum Gasteiger partial charge on any atom is -0.491 e. The van der Waals surface area contributed by atoms with Gasteiger partial charge in [0.05, 0.1) is 26.9 Å². The van der Waals surface area contributed by atoms with E-state index in [4.69, 9.17) is 14.2 Å². The van der Waals surface area contributed by atoms with Gasteiger partial charge in [-0.25, -0.2) is 12.8 Å². The van der Waals surface area contributed by atoms with Gasteiger partial charge in [-0.2, -0.15) is 0 Å². The molecule has 0 fully saturated rings. The van der Waals surface area contributed by atoms with Gasteiger partial charge in [0, 0.05) is 12.7 Å². The molecule has 0 bridgehead atoms. The van der Waals surface area contributed by atoms with Crippen LogP contribution in [0.4, 0.5) is 4.39 Å². The van der Waals surface area contributed by atoms with Crippen molar-refractivity contribution in [1.82, 2.24) is 0 Å². The van der Waals surface area contributed by atoms with E-state index >= 15 is 0 Å². The molecule has 0 saturated heterocycles. The van der Waals surface area contributed by atoms with E-state index in [-0.39, 0.29) is 31.2 Å². The standard InChI is InChI=1S/C30H41FO8S/c1-36-28(32)15-9-4-5-10-20-30(29(33)37-2,40(3,34)35)21-11-14-27(38-22-24-12-7-6-8-13-24)23-39-26-18-16-25(31)17-19-26/h6-8,12-13,16-19,27H,4-5,9-11,14-15,20-23H2,1-3H3. The van der Waals surface area contributed by atoms with Crippen LogP contribution in [0.3, 0.4) is 0 Å². The second-order valence-corrected chi connectivity index (χ2v) is 12.1. The van der Waals surface area contributed by atoms with Crippen LogP contribution in [0, 0.1) is 5.82 Å². The van der Waals surface area contributed by atoms with Crippen molar-refractivity contribution in [2.45, 2.75) is 75.2 Å². The molecule has 0 heterocycles. The van der Waals surface area contributed by atoms with E-state index in [2.05, 4.69) is 4.74 Å². The molecule has 40 heavy (non-hydrogen) atoms. The van der Waals surface area contributed by atoms with E-state index < -0.39 is 26.7 Å². The zero-order valence-corrected chi connectivity index (χ0v) is 24.4. The topological polar surface area (TPSA) is 105 Å². The van der Waals surface area contributed by atoms with Crippen LogP contribution in [0.15, 0.2) is 54.6 Å². The summed E-state index contributed by atoms with van der Waals surface area (Å²) in [5.41, 5.74) is 0.974. The Morgan fingerprint density at radius 3 is 2.15 bits per heavy atom. The van der Waals surface area contributed by atoms with Crippen molar-refractivity contribution in [2.24, 2.45) is 0 Å². The molecule has 0 N–H and O–H groups in total. The van der Waals surface area contributed by atoms with Crippen molar-refractivity contribution in [1.29, 1.82) is 0 Å². The predicted molar refractivity (Wildman–Crippen MR) is 150 cm³/mol. The van der Waals surface area contributed by atoms with Crippen molar-refractivity contribution in [3.63, 3.8) is 0 Å². The number of halogens is 1. The molecular weight excluding hydrogens is 539 g/mol. The lowest BCUT2D eigenvalue weighted by Crippen LogP contribution is -2.47. The Kier molecular flexibility index (Phi) is 14.1. The number of esters is 2. The van der Waals surface area contributed by atoms with Crippen LogP contribution in [-0.2, 0) is 40.2 Å². The van der Waals surface area contributed by atoms with Crippen LogP contribution in [0.2, 0.25) is 0 Å². The fraction of sp³-hybridized carbons (Fsp3) is 0.533. The number of methoxy groups -OCH3 is 2. The molecule has 222 valence electrons. The van der Waals surface area contributed by atoms with Crippen molar-refractivity contribution < 1.29 is 41.3 Å². The van der Waals surface area contributed by atoms with Gasteiger partial charge in [-0.3, -0.25) is 9.59 Å². The lowest BCUT2D eigenvalue weighted by Gasteiger charge is -2.30. The molecule has 0 aliphatic rings. The Balaban J connectivity index is 2.06. The monoisotopic (exact) mass is 580 g/mol. The number of ether oxygens (including phenoxy) is 4. The minimum atomic E-state index is -3.82. The van der Waals surface area contributed by atoms with Crippen LogP contribution in [0.1, 0.15) is 63.4 Å². The molecule has 0 spiro atoms. The normalized spacial score (nSPS) is 13.7. The number of rotatable bonds is 19. The first-order valence-corrected chi connectivity index (χ1v) is 15.4. The van der Waals surface area contributed by atoms with E-state index in [0.717, 1.165) is 11.8 Å². The fourth-order valence-electron chi connectivity index (χ4n) is 4.51. The van der Waals surface area contributed by atoms with Gasteiger partial charge in [0.2, 0.25) is 0 Å². The first-order valence-electron chi connectivity index (χ1n) is 13.5. The van der Waals surface area contributed by atoms with Gasteiger partial charge in [0.25, 0.3) is 0 Å². The van der Waals surface area contributed by atoms with Crippen molar-refractivity contribution in [3.8, 4) is 5.75 Å². The quantitative estimate of drug-likeness (QED) is 0.160. The molecule has 0 aromatic heterocycles. The summed E-state index contributed by atoms with van der Waals surface area (Å²) >= 11 is 0. The molecule has 2 aromatic rings. The van der Waals surface area contributed by atoms with E-state index in [1.54, 1.807) is 0 Å². The molecule has 2 rings (SSSR count). The van der Waals surface area contributed by atoms with Crippen LogP contribution in [-0.4, -0.2) is 58.3 Å². The average Bonchev–Trinajstić information content (AvgIpc) is 2.95. The van der Waals surface area contributed by atoms with E-state index in [0.29, 0.717) is 57.3 Å². The smallest absolute Gasteiger partial charge is 0.327 e. The second kappa shape index (κ2) is 17.0. The van der Waals surface area contributed by atoms with E-state index in [1.165, 1.54) is 38.5 Å². The number of unbranched alkanes of at least 4 members (excludes halogenated alkanes) is 3. The zero-order chi connectivity index (χ0) is 29.4. The molecule has 10 heteroatoms. The van der Waals surface area contributed by atoms with Gasteiger partial charge < -0.3 is 18.9 Å².